The van der Waals surface area contributed by atoms with E-state index in [2.05, 4.69) is 10.6 Å². The van der Waals surface area contributed by atoms with Crippen molar-refractivity contribution >= 4 is 11.7 Å². The topological polar surface area (TPSA) is 67.1 Å². The molecule has 0 radical (unpaired) electrons. The largest absolute Gasteiger partial charge is 0.416 e. The molecule has 4 nitrogen and oxygen atoms in total. The van der Waals surface area contributed by atoms with Gasteiger partial charge in [-0.2, -0.15) is 13.2 Å². The van der Waals surface area contributed by atoms with Crippen LogP contribution in [0.4, 0.5) is 23.7 Å². The van der Waals surface area contributed by atoms with Crippen LogP contribution in [0.15, 0.2) is 24.3 Å². The minimum atomic E-state index is -4.43. The molecule has 1 aromatic carbocycles. The van der Waals surface area contributed by atoms with Gasteiger partial charge in [0.2, 0.25) is 0 Å². The first-order chi connectivity index (χ1) is 9.40. The SMILES string of the molecule is NCC(NC(=O)Nc1cccc(C(F)(F)F)c1)C1CC1. The second-order valence-corrected chi connectivity index (χ2v) is 4.86. The molecule has 1 atom stereocenters. The Labute approximate surface area is 114 Å². The summed E-state index contributed by atoms with van der Waals surface area (Å²) in [5, 5.41) is 5.08. The lowest BCUT2D eigenvalue weighted by molar-refractivity contribution is -0.137. The summed E-state index contributed by atoms with van der Waals surface area (Å²) in [6.45, 7) is 0.320. The van der Waals surface area contributed by atoms with Gasteiger partial charge in [0.05, 0.1) is 5.56 Å². The van der Waals surface area contributed by atoms with Crippen molar-refractivity contribution in [3.8, 4) is 0 Å². The minimum Gasteiger partial charge on any atom is -0.334 e. The maximum atomic E-state index is 12.5. The Kier molecular flexibility index (Phi) is 4.17. The Morgan fingerprint density at radius 3 is 2.65 bits per heavy atom. The zero-order valence-corrected chi connectivity index (χ0v) is 10.7. The highest BCUT2D eigenvalue weighted by Gasteiger charge is 2.32. The molecule has 110 valence electrons. The Morgan fingerprint density at radius 1 is 1.40 bits per heavy atom. The van der Waals surface area contributed by atoms with Crippen molar-refractivity contribution in [1.82, 2.24) is 5.32 Å². The number of nitrogens with two attached hydrogens (primary N) is 1. The molecular formula is C13H16F3N3O. The van der Waals surface area contributed by atoms with Crippen molar-refractivity contribution in [3.63, 3.8) is 0 Å². The van der Waals surface area contributed by atoms with Crippen LogP contribution in [0.5, 0.6) is 0 Å². The van der Waals surface area contributed by atoms with Gasteiger partial charge in [-0.1, -0.05) is 6.07 Å². The number of carbonyl (C=O) groups is 1. The van der Waals surface area contributed by atoms with E-state index in [4.69, 9.17) is 5.73 Å². The van der Waals surface area contributed by atoms with Gasteiger partial charge in [-0.25, -0.2) is 4.79 Å². The fraction of sp³-hybridized carbons (Fsp3) is 0.462. The van der Waals surface area contributed by atoms with Gasteiger partial charge in [-0.3, -0.25) is 0 Å². The molecule has 20 heavy (non-hydrogen) atoms. The van der Waals surface area contributed by atoms with E-state index in [1.807, 2.05) is 0 Å². The van der Waals surface area contributed by atoms with Crippen molar-refractivity contribution in [3.05, 3.63) is 29.8 Å². The normalized spacial score (nSPS) is 16.6. The summed E-state index contributed by atoms with van der Waals surface area (Å²) < 4.78 is 37.6. The molecule has 2 amide bonds. The monoisotopic (exact) mass is 287 g/mol. The zero-order chi connectivity index (χ0) is 14.8. The molecule has 0 saturated heterocycles. The third-order valence-electron chi connectivity index (χ3n) is 3.21. The number of halogens is 3. The highest BCUT2D eigenvalue weighted by molar-refractivity contribution is 5.89. The molecule has 1 aromatic rings. The van der Waals surface area contributed by atoms with E-state index in [0.29, 0.717) is 12.5 Å². The van der Waals surface area contributed by atoms with E-state index in [-0.39, 0.29) is 11.7 Å². The van der Waals surface area contributed by atoms with Gasteiger partial charge in [0.25, 0.3) is 0 Å². The summed E-state index contributed by atoms with van der Waals surface area (Å²) in [6.07, 6.45) is -2.39. The third-order valence-corrected chi connectivity index (χ3v) is 3.21. The number of rotatable bonds is 4. The van der Waals surface area contributed by atoms with Gasteiger partial charge in [-0.15, -0.1) is 0 Å². The van der Waals surface area contributed by atoms with Crippen molar-refractivity contribution in [1.29, 1.82) is 0 Å². The zero-order valence-electron chi connectivity index (χ0n) is 10.7. The van der Waals surface area contributed by atoms with Crippen LogP contribution in [0.2, 0.25) is 0 Å². The van der Waals surface area contributed by atoms with Crippen molar-refractivity contribution in [2.45, 2.75) is 25.1 Å². The fourth-order valence-corrected chi connectivity index (χ4v) is 1.98. The first-order valence-corrected chi connectivity index (χ1v) is 6.35. The summed E-state index contributed by atoms with van der Waals surface area (Å²) in [5.74, 6) is 0.382. The maximum absolute atomic E-state index is 12.5. The van der Waals surface area contributed by atoms with E-state index in [1.165, 1.54) is 12.1 Å². The number of anilines is 1. The molecule has 0 heterocycles. The summed E-state index contributed by atoms with van der Waals surface area (Å²) in [5.41, 5.74) is 4.85. The van der Waals surface area contributed by atoms with E-state index in [1.54, 1.807) is 0 Å². The molecule has 4 N–H and O–H groups in total. The molecule has 0 bridgehead atoms. The van der Waals surface area contributed by atoms with E-state index >= 15 is 0 Å². The van der Waals surface area contributed by atoms with Gasteiger partial charge in [-0.05, 0) is 37.0 Å². The first kappa shape index (κ1) is 14.6. The third kappa shape index (κ3) is 3.86. The molecule has 1 aliphatic carbocycles. The van der Waals surface area contributed by atoms with Gasteiger partial charge in [0, 0.05) is 18.3 Å². The van der Waals surface area contributed by atoms with E-state index in [9.17, 15) is 18.0 Å². The van der Waals surface area contributed by atoms with E-state index in [0.717, 1.165) is 25.0 Å². The van der Waals surface area contributed by atoms with Crippen LogP contribution in [-0.4, -0.2) is 18.6 Å². The Balaban J connectivity index is 1.97. The molecular weight excluding hydrogens is 271 g/mol. The van der Waals surface area contributed by atoms with Crippen LogP contribution < -0.4 is 16.4 Å². The summed E-state index contributed by atoms with van der Waals surface area (Å²) in [7, 11) is 0. The smallest absolute Gasteiger partial charge is 0.334 e. The molecule has 0 aliphatic heterocycles. The van der Waals surface area contributed by atoms with Gasteiger partial charge in [0.15, 0.2) is 0 Å². The number of benzene rings is 1. The number of hydrogen-bond donors (Lipinski definition) is 3. The second kappa shape index (κ2) is 5.70. The Bertz CT molecular complexity index is 486. The van der Waals surface area contributed by atoms with Gasteiger partial charge in [0.1, 0.15) is 0 Å². The molecule has 7 heteroatoms. The molecule has 2 rings (SSSR count). The highest BCUT2D eigenvalue weighted by atomic mass is 19.4. The number of alkyl halides is 3. The fourth-order valence-electron chi connectivity index (χ4n) is 1.98. The minimum absolute atomic E-state index is 0.101. The standard InChI is InChI=1S/C13H16F3N3O/c14-13(15,16)9-2-1-3-10(6-9)18-12(20)19-11(7-17)8-4-5-8/h1-3,6,8,11H,4-5,7,17H2,(H2,18,19,20). The lowest BCUT2D eigenvalue weighted by Gasteiger charge is -2.17. The number of urea groups is 1. The summed E-state index contributed by atoms with van der Waals surface area (Å²) in [6, 6.07) is 3.85. The summed E-state index contributed by atoms with van der Waals surface area (Å²) in [4.78, 5) is 11.7. The highest BCUT2D eigenvalue weighted by Crippen LogP contribution is 2.32. The first-order valence-electron chi connectivity index (χ1n) is 6.35. The van der Waals surface area contributed by atoms with Crippen LogP contribution in [-0.2, 0) is 6.18 Å². The average Bonchev–Trinajstić information content (AvgIpc) is 3.19. The number of amides is 2. The second-order valence-electron chi connectivity index (χ2n) is 4.86. The van der Waals surface area contributed by atoms with Crippen LogP contribution in [0.25, 0.3) is 0 Å². The average molecular weight is 287 g/mol. The number of hydrogen-bond acceptors (Lipinski definition) is 2. The number of nitrogens with one attached hydrogen (secondary N) is 2. The molecule has 0 aromatic heterocycles. The molecule has 1 unspecified atom stereocenters. The van der Waals surface area contributed by atoms with Crippen molar-refractivity contribution < 1.29 is 18.0 Å². The quantitative estimate of drug-likeness (QED) is 0.796. The predicted molar refractivity (Wildman–Crippen MR) is 69.2 cm³/mol. The van der Waals surface area contributed by atoms with Gasteiger partial charge >= 0.3 is 12.2 Å². The van der Waals surface area contributed by atoms with Crippen LogP contribution in [0.1, 0.15) is 18.4 Å². The van der Waals surface area contributed by atoms with Crippen molar-refractivity contribution in [2.24, 2.45) is 11.7 Å². The Hall–Kier alpha value is -1.76. The van der Waals surface area contributed by atoms with Crippen LogP contribution in [0, 0.1) is 5.92 Å². The van der Waals surface area contributed by atoms with Crippen molar-refractivity contribution in [2.75, 3.05) is 11.9 Å². The molecule has 1 fully saturated rings. The van der Waals surface area contributed by atoms with Gasteiger partial charge < -0.3 is 16.4 Å². The molecule has 1 aliphatic rings. The lowest BCUT2D eigenvalue weighted by atomic mass is 10.2. The predicted octanol–water partition coefficient (Wildman–Crippen LogP) is 2.56. The number of carbonyl (C=O) groups excluding carboxylic acids is 1. The summed E-state index contributed by atoms with van der Waals surface area (Å²) >= 11 is 0. The molecule has 0 spiro atoms. The van der Waals surface area contributed by atoms with Crippen LogP contribution in [0.3, 0.4) is 0 Å². The van der Waals surface area contributed by atoms with E-state index < -0.39 is 17.8 Å². The van der Waals surface area contributed by atoms with Crippen LogP contribution >= 0.6 is 0 Å². The lowest BCUT2D eigenvalue weighted by Crippen LogP contribution is -2.43. The molecule has 1 saturated carbocycles. The Morgan fingerprint density at radius 2 is 2.10 bits per heavy atom. The maximum Gasteiger partial charge on any atom is 0.416 e.